The van der Waals surface area contributed by atoms with Gasteiger partial charge in [0.25, 0.3) is 0 Å². The Morgan fingerprint density at radius 2 is 1.97 bits per heavy atom. The lowest BCUT2D eigenvalue weighted by Crippen LogP contribution is -2.09. The molecular weight excluding hydrogens is 419 g/mol. The van der Waals surface area contributed by atoms with E-state index < -0.39 is 11.9 Å². The highest BCUT2D eigenvalue weighted by Crippen LogP contribution is 2.38. The van der Waals surface area contributed by atoms with Crippen LogP contribution in [0.2, 0.25) is 5.02 Å². The SMILES string of the molecule is CCCC(CC)n1cc(-c2cnc(N)c(OC(C)c3c(OC)ccc(F)c3Cl)c2)cn1. The van der Waals surface area contributed by atoms with Crippen LogP contribution in [0.5, 0.6) is 11.5 Å². The van der Waals surface area contributed by atoms with E-state index in [1.807, 2.05) is 17.1 Å². The Bertz CT molecular complexity index is 1040. The normalized spacial score (nSPS) is 13.1. The van der Waals surface area contributed by atoms with Gasteiger partial charge in [0.15, 0.2) is 11.6 Å². The zero-order chi connectivity index (χ0) is 22.5. The second-order valence-corrected chi connectivity index (χ2v) is 7.78. The van der Waals surface area contributed by atoms with Crippen molar-refractivity contribution in [2.45, 2.75) is 52.2 Å². The van der Waals surface area contributed by atoms with Crippen LogP contribution in [0.15, 0.2) is 36.8 Å². The van der Waals surface area contributed by atoms with Crippen LogP contribution >= 0.6 is 11.6 Å². The molecule has 3 rings (SSSR count). The van der Waals surface area contributed by atoms with Crippen molar-refractivity contribution < 1.29 is 13.9 Å². The van der Waals surface area contributed by atoms with Gasteiger partial charge in [0.1, 0.15) is 17.7 Å². The zero-order valence-corrected chi connectivity index (χ0v) is 19.0. The maximum absolute atomic E-state index is 14.0. The van der Waals surface area contributed by atoms with Crippen LogP contribution in [0.3, 0.4) is 0 Å². The number of anilines is 1. The Morgan fingerprint density at radius 1 is 1.19 bits per heavy atom. The lowest BCUT2D eigenvalue weighted by molar-refractivity contribution is 0.221. The number of nitrogens with zero attached hydrogens (tertiary/aromatic N) is 3. The predicted molar refractivity (Wildman–Crippen MR) is 121 cm³/mol. The van der Waals surface area contributed by atoms with Crippen molar-refractivity contribution in [1.82, 2.24) is 14.8 Å². The van der Waals surface area contributed by atoms with E-state index in [0.29, 0.717) is 23.1 Å². The summed E-state index contributed by atoms with van der Waals surface area (Å²) < 4.78 is 27.4. The summed E-state index contributed by atoms with van der Waals surface area (Å²) in [6.45, 7) is 6.08. The molecule has 2 N–H and O–H groups in total. The van der Waals surface area contributed by atoms with E-state index in [0.717, 1.165) is 30.4 Å². The number of hydrogen-bond acceptors (Lipinski definition) is 5. The summed E-state index contributed by atoms with van der Waals surface area (Å²) >= 11 is 6.18. The van der Waals surface area contributed by atoms with Crippen molar-refractivity contribution in [2.24, 2.45) is 0 Å². The first kappa shape index (κ1) is 22.9. The molecule has 1 aromatic carbocycles. The number of pyridine rings is 1. The summed E-state index contributed by atoms with van der Waals surface area (Å²) in [4.78, 5) is 4.27. The van der Waals surface area contributed by atoms with Crippen molar-refractivity contribution in [2.75, 3.05) is 12.8 Å². The molecule has 0 aliphatic rings. The number of methoxy groups -OCH3 is 1. The summed E-state index contributed by atoms with van der Waals surface area (Å²) in [5.41, 5.74) is 8.20. The molecule has 0 saturated carbocycles. The van der Waals surface area contributed by atoms with Crippen molar-refractivity contribution >= 4 is 17.4 Å². The molecule has 2 unspecified atom stereocenters. The van der Waals surface area contributed by atoms with E-state index in [1.165, 1.54) is 19.2 Å². The minimum Gasteiger partial charge on any atom is -0.496 e. The van der Waals surface area contributed by atoms with Gasteiger partial charge in [-0.3, -0.25) is 4.68 Å². The Labute approximate surface area is 187 Å². The first-order chi connectivity index (χ1) is 14.9. The van der Waals surface area contributed by atoms with Gasteiger partial charge >= 0.3 is 0 Å². The van der Waals surface area contributed by atoms with Gasteiger partial charge < -0.3 is 15.2 Å². The maximum Gasteiger partial charge on any atom is 0.166 e. The molecule has 0 spiro atoms. The van der Waals surface area contributed by atoms with Gasteiger partial charge in [-0.05, 0) is 38.0 Å². The van der Waals surface area contributed by atoms with Crippen molar-refractivity contribution in [3.8, 4) is 22.6 Å². The highest BCUT2D eigenvalue weighted by atomic mass is 35.5. The topological polar surface area (TPSA) is 75.2 Å². The molecule has 0 saturated heterocycles. The van der Waals surface area contributed by atoms with Gasteiger partial charge in [0.05, 0.1) is 29.9 Å². The van der Waals surface area contributed by atoms with Crippen molar-refractivity contribution in [3.63, 3.8) is 0 Å². The third-order valence-electron chi connectivity index (χ3n) is 5.31. The Hall–Kier alpha value is -2.80. The molecule has 2 heterocycles. The standard InChI is InChI=1S/C23H28ClFN4O2/c1-5-7-17(6-2)29-13-16(12-28-29)15-10-20(23(26)27-11-15)31-14(3)21-19(30-4)9-8-18(25)22(21)24/h8-14,17H,5-7H2,1-4H3,(H2,26,27). The van der Waals surface area contributed by atoms with Gasteiger partial charge in [-0.15, -0.1) is 0 Å². The number of aromatic nitrogens is 3. The van der Waals surface area contributed by atoms with Crippen LogP contribution in [0.4, 0.5) is 10.2 Å². The first-order valence-electron chi connectivity index (χ1n) is 10.4. The van der Waals surface area contributed by atoms with Crippen LogP contribution in [0.25, 0.3) is 11.1 Å². The maximum atomic E-state index is 14.0. The van der Waals surface area contributed by atoms with Gasteiger partial charge in [-0.2, -0.15) is 5.10 Å². The molecule has 8 heteroatoms. The summed E-state index contributed by atoms with van der Waals surface area (Å²) in [5, 5.41) is 4.48. The van der Waals surface area contributed by atoms with Crippen molar-refractivity contribution in [1.29, 1.82) is 0 Å². The molecule has 166 valence electrons. The molecule has 2 aromatic heterocycles. The smallest absolute Gasteiger partial charge is 0.166 e. The second kappa shape index (κ2) is 10.0. The van der Waals surface area contributed by atoms with Gasteiger partial charge in [-0.25, -0.2) is 9.37 Å². The van der Waals surface area contributed by atoms with Gasteiger partial charge in [0.2, 0.25) is 0 Å². The number of nitrogen functional groups attached to an aromatic ring is 1. The first-order valence-corrected chi connectivity index (χ1v) is 10.8. The monoisotopic (exact) mass is 446 g/mol. The Balaban J connectivity index is 1.89. The van der Waals surface area contributed by atoms with Crippen molar-refractivity contribution in [3.05, 3.63) is 53.2 Å². The van der Waals surface area contributed by atoms with Crippen LogP contribution in [0.1, 0.15) is 57.7 Å². The quantitative estimate of drug-likeness (QED) is 0.422. The third kappa shape index (κ3) is 4.93. The third-order valence-corrected chi connectivity index (χ3v) is 5.69. The molecule has 31 heavy (non-hydrogen) atoms. The lowest BCUT2D eigenvalue weighted by atomic mass is 10.1. The van der Waals surface area contributed by atoms with Crippen LogP contribution in [-0.2, 0) is 0 Å². The molecular formula is C23H28ClFN4O2. The van der Waals surface area contributed by atoms with E-state index in [2.05, 4.69) is 23.9 Å². The minimum absolute atomic E-state index is 0.0441. The Morgan fingerprint density at radius 3 is 2.65 bits per heavy atom. The van der Waals surface area contributed by atoms with E-state index >= 15 is 0 Å². The Kier molecular flexibility index (Phi) is 7.38. The zero-order valence-electron chi connectivity index (χ0n) is 18.2. The highest BCUT2D eigenvalue weighted by molar-refractivity contribution is 6.31. The molecule has 2 atom stereocenters. The molecule has 3 aromatic rings. The number of benzene rings is 1. The second-order valence-electron chi connectivity index (χ2n) is 7.40. The van der Waals surface area contributed by atoms with Crippen LogP contribution in [0, 0.1) is 5.82 Å². The molecule has 0 amide bonds. The van der Waals surface area contributed by atoms with Crippen LogP contribution < -0.4 is 15.2 Å². The fourth-order valence-electron chi connectivity index (χ4n) is 3.61. The van der Waals surface area contributed by atoms with Crippen LogP contribution in [-0.4, -0.2) is 21.9 Å². The summed E-state index contributed by atoms with van der Waals surface area (Å²) in [7, 11) is 1.50. The lowest BCUT2D eigenvalue weighted by Gasteiger charge is -2.20. The molecule has 0 bridgehead atoms. The number of nitrogens with two attached hydrogens (primary N) is 1. The summed E-state index contributed by atoms with van der Waals surface area (Å²) in [6.07, 6.45) is 8.07. The minimum atomic E-state index is -0.616. The number of ether oxygens (including phenoxy) is 2. The van der Waals surface area contributed by atoms with Gasteiger partial charge in [-0.1, -0.05) is 31.9 Å². The largest absolute Gasteiger partial charge is 0.496 e. The number of halogens is 2. The molecule has 0 radical (unpaired) electrons. The van der Waals surface area contributed by atoms with E-state index in [9.17, 15) is 4.39 Å². The molecule has 0 fully saturated rings. The van der Waals surface area contributed by atoms with E-state index in [-0.39, 0.29) is 10.8 Å². The number of rotatable bonds is 9. The van der Waals surface area contributed by atoms with E-state index in [4.69, 9.17) is 26.8 Å². The fraction of sp³-hybridized carbons (Fsp3) is 0.391. The molecule has 0 aliphatic heterocycles. The highest BCUT2D eigenvalue weighted by Gasteiger charge is 2.21. The average Bonchev–Trinajstić information content (AvgIpc) is 3.25. The van der Waals surface area contributed by atoms with Gasteiger partial charge in [0, 0.05) is 23.5 Å². The molecule has 6 nitrogen and oxygen atoms in total. The fourth-order valence-corrected chi connectivity index (χ4v) is 3.92. The number of hydrogen-bond donors (Lipinski definition) is 1. The summed E-state index contributed by atoms with van der Waals surface area (Å²) in [6, 6.07) is 4.94. The average molecular weight is 447 g/mol. The predicted octanol–water partition coefficient (Wildman–Crippen LogP) is 6.22. The molecule has 0 aliphatic carbocycles. The summed E-state index contributed by atoms with van der Waals surface area (Å²) in [5.74, 6) is 0.495. The van der Waals surface area contributed by atoms with E-state index in [1.54, 1.807) is 19.2 Å².